The number of nitrogens with zero attached hydrogens (tertiary/aromatic N) is 6. The van der Waals surface area contributed by atoms with Gasteiger partial charge in [-0.25, -0.2) is 0 Å². The summed E-state index contributed by atoms with van der Waals surface area (Å²) < 4.78 is 1.97. The number of aromatic nitrogens is 3. The number of rotatable bonds is 8. The quantitative estimate of drug-likeness (QED) is 0.613. The number of carbonyl (C=O) groups excluding carboxylic acids is 2. The average Bonchev–Trinajstić information content (AvgIpc) is 3.31. The summed E-state index contributed by atoms with van der Waals surface area (Å²) in [5, 5.41) is 8.81. The summed E-state index contributed by atoms with van der Waals surface area (Å²) in [6.45, 7) is 5.63. The van der Waals surface area contributed by atoms with E-state index in [0.717, 1.165) is 51.3 Å². The van der Waals surface area contributed by atoms with Crippen LogP contribution in [0.15, 0.2) is 36.5 Å². The van der Waals surface area contributed by atoms with Crippen LogP contribution in [0.2, 0.25) is 0 Å². The predicted octanol–water partition coefficient (Wildman–Crippen LogP) is 1.34. The number of piperidine rings is 4. The molecule has 0 radical (unpaired) electrons. The van der Waals surface area contributed by atoms with Crippen LogP contribution >= 0.6 is 0 Å². The van der Waals surface area contributed by atoms with Crippen LogP contribution in [0.1, 0.15) is 36.9 Å². The van der Waals surface area contributed by atoms with E-state index in [0.29, 0.717) is 37.9 Å². The number of hydrogen-bond acceptors (Lipinski definition) is 6. The molecule has 4 atom stereocenters. The van der Waals surface area contributed by atoms with Gasteiger partial charge in [0.2, 0.25) is 11.8 Å². The van der Waals surface area contributed by atoms with E-state index >= 15 is 0 Å². The molecule has 2 amide bonds. The first-order valence-corrected chi connectivity index (χ1v) is 12.9. The molecule has 188 valence electrons. The summed E-state index contributed by atoms with van der Waals surface area (Å²) in [7, 11) is 2.10. The fourth-order valence-corrected chi connectivity index (χ4v) is 6.17. The Labute approximate surface area is 207 Å². The first-order chi connectivity index (χ1) is 17.0. The van der Waals surface area contributed by atoms with Crippen LogP contribution in [-0.2, 0) is 29.2 Å². The number of amides is 2. The SMILES string of the molecule is CN(Cc1ccccc1)Cc1cn(C[C@H]2C[C@@H]3CCN2C[C@@H]3C(=O)N2CCC(C(N)=O)CC2)nn1. The molecule has 2 bridgehead atoms. The molecule has 4 fully saturated rings. The summed E-state index contributed by atoms with van der Waals surface area (Å²) in [5.41, 5.74) is 7.72. The minimum atomic E-state index is -0.234. The topological polar surface area (TPSA) is 101 Å². The van der Waals surface area contributed by atoms with Crippen LogP contribution < -0.4 is 5.73 Å². The fraction of sp³-hybridized carbons (Fsp3) is 0.615. The summed E-state index contributed by atoms with van der Waals surface area (Å²) in [5.74, 6) is 0.447. The highest BCUT2D eigenvalue weighted by Crippen LogP contribution is 2.38. The van der Waals surface area contributed by atoms with Crippen LogP contribution in [-0.4, -0.2) is 80.8 Å². The average molecular weight is 480 g/mol. The van der Waals surface area contributed by atoms with Crippen molar-refractivity contribution < 1.29 is 9.59 Å². The van der Waals surface area contributed by atoms with Crippen molar-refractivity contribution >= 4 is 11.8 Å². The molecule has 2 N–H and O–H groups in total. The van der Waals surface area contributed by atoms with E-state index in [1.165, 1.54) is 5.56 Å². The zero-order valence-electron chi connectivity index (χ0n) is 20.6. The highest BCUT2D eigenvalue weighted by molar-refractivity contribution is 5.81. The molecule has 1 aromatic heterocycles. The normalized spacial score (nSPS) is 26.9. The largest absolute Gasteiger partial charge is 0.369 e. The van der Waals surface area contributed by atoms with Crippen molar-refractivity contribution in [3.8, 4) is 0 Å². The lowest BCUT2D eigenvalue weighted by Gasteiger charge is -2.50. The number of hydrogen-bond donors (Lipinski definition) is 1. The third-order valence-corrected chi connectivity index (χ3v) is 8.12. The van der Waals surface area contributed by atoms with Gasteiger partial charge in [0, 0.05) is 50.9 Å². The predicted molar refractivity (Wildman–Crippen MR) is 132 cm³/mol. The van der Waals surface area contributed by atoms with Gasteiger partial charge in [-0.2, -0.15) is 0 Å². The first-order valence-electron chi connectivity index (χ1n) is 12.9. The van der Waals surface area contributed by atoms with E-state index in [-0.39, 0.29) is 23.7 Å². The van der Waals surface area contributed by atoms with E-state index in [1.54, 1.807) is 0 Å². The summed E-state index contributed by atoms with van der Waals surface area (Å²) >= 11 is 0. The molecule has 2 aromatic rings. The van der Waals surface area contributed by atoms with Crippen LogP contribution in [0.4, 0.5) is 0 Å². The molecule has 1 unspecified atom stereocenters. The molecule has 35 heavy (non-hydrogen) atoms. The third-order valence-electron chi connectivity index (χ3n) is 8.12. The lowest BCUT2D eigenvalue weighted by Crippen LogP contribution is -2.59. The van der Waals surface area contributed by atoms with Gasteiger partial charge in [0.05, 0.1) is 18.2 Å². The summed E-state index contributed by atoms with van der Waals surface area (Å²) in [6.07, 6.45) is 5.56. The molecule has 0 spiro atoms. The molecule has 5 heterocycles. The Morgan fingerprint density at radius 3 is 2.54 bits per heavy atom. The molecule has 6 rings (SSSR count). The van der Waals surface area contributed by atoms with Crippen molar-refractivity contribution in [3.63, 3.8) is 0 Å². The molecule has 1 aromatic carbocycles. The van der Waals surface area contributed by atoms with E-state index in [1.807, 2.05) is 15.6 Å². The number of likely N-dealkylation sites (tertiary alicyclic amines) is 1. The van der Waals surface area contributed by atoms with Gasteiger partial charge in [-0.05, 0) is 50.8 Å². The molecule has 4 saturated heterocycles. The van der Waals surface area contributed by atoms with Crippen LogP contribution in [0, 0.1) is 17.8 Å². The van der Waals surface area contributed by atoms with Gasteiger partial charge in [-0.15, -0.1) is 5.10 Å². The summed E-state index contributed by atoms with van der Waals surface area (Å²) in [4.78, 5) is 31.4. The molecular weight excluding hydrogens is 442 g/mol. The molecule has 9 nitrogen and oxygen atoms in total. The highest BCUT2D eigenvalue weighted by Gasteiger charge is 2.45. The zero-order chi connectivity index (χ0) is 24.4. The maximum atomic E-state index is 13.3. The third kappa shape index (κ3) is 5.56. The van der Waals surface area contributed by atoms with Crippen molar-refractivity contribution in [1.82, 2.24) is 29.7 Å². The zero-order valence-corrected chi connectivity index (χ0v) is 20.6. The Balaban J connectivity index is 1.12. The first kappa shape index (κ1) is 23.9. The van der Waals surface area contributed by atoms with Crippen LogP contribution in [0.5, 0.6) is 0 Å². The molecule has 9 heteroatoms. The van der Waals surface area contributed by atoms with E-state index < -0.39 is 0 Å². The fourth-order valence-electron chi connectivity index (χ4n) is 6.17. The van der Waals surface area contributed by atoms with Gasteiger partial charge < -0.3 is 10.6 Å². The van der Waals surface area contributed by atoms with Crippen molar-refractivity contribution in [2.24, 2.45) is 23.5 Å². The van der Waals surface area contributed by atoms with E-state index in [9.17, 15) is 9.59 Å². The van der Waals surface area contributed by atoms with Crippen LogP contribution in [0.3, 0.4) is 0 Å². The second kappa shape index (κ2) is 10.5. The Morgan fingerprint density at radius 1 is 1.09 bits per heavy atom. The van der Waals surface area contributed by atoms with Gasteiger partial charge in [-0.3, -0.25) is 24.1 Å². The lowest BCUT2D eigenvalue weighted by molar-refractivity contribution is -0.146. The van der Waals surface area contributed by atoms with Gasteiger partial charge in [0.15, 0.2) is 0 Å². The van der Waals surface area contributed by atoms with Gasteiger partial charge in [0.1, 0.15) is 0 Å². The van der Waals surface area contributed by atoms with E-state index in [4.69, 9.17) is 5.73 Å². The van der Waals surface area contributed by atoms with Crippen molar-refractivity contribution in [3.05, 3.63) is 47.8 Å². The number of carbonyl (C=O) groups is 2. The van der Waals surface area contributed by atoms with Crippen LogP contribution in [0.25, 0.3) is 0 Å². The second-order valence-corrected chi connectivity index (χ2v) is 10.6. The number of fused-ring (bicyclic) bond motifs is 3. The Hall–Kier alpha value is -2.78. The summed E-state index contributed by atoms with van der Waals surface area (Å²) in [6, 6.07) is 10.8. The second-order valence-electron chi connectivity index (χ2n) is 10.6. The molecule has 0 saturated carbocycles. The maximum absolute atomic E-state index is 13.3. The van der Waals surface area contributed by atoms with Gasteiger partial charge >= 0.3 is 0 Å². The van der Waals surface area contributed by atoms with E-state index in [2.05, 4.69) is 57.6 Å². The molecule has 0 aliphatic carbocycles. The Kier molecular flexibility index (Phi) is 7.15. The Morgan fingerprint density at radius 2 is 1.86 bits per heavy atom. The van der Waals surface area contributed by atoms with Crippen molar-refractivity contribution in [2.75, 3.05) is 33.2 Å². The van der Waals surface area contributed by atoms with Crippen molar-refractivity contribution in [1.29, 1.82) is 0 Å². The number of primary amides is 1. The van der Waals surface area contributed by atoms with Gasteiger partial charge in [0.25, 0.3) is 0 Å². The number of benzene rings is 1. The smallest absolute Gasteiger partial charge is 0.227 e. The lowest BCUT2D eigenvalue weighted by atomic mass is 9.74. The minimum absolute atomic E-state index is 0.0723. The van der Waals surface area contributed by atoms with Crippen molar-refractivity contribution in [2.45, 2.75) is 51.4 Å². The molecular formula is C26H37N7O2. The monoisotopic (exact) mass is 479 g/mol. The standard InChI is InChI=1S/C26H37N7O2/c1-30(14-19-5-3-2-4-6-19)15-22-16-33(29-28-22)17-23-13-21-9-12-32(23)18-24(21)26(35)31-10-7-20(8-11-31)25(27)34/h2-6,16,20-21,23-24H,7-15,17-18H2,1H3,(H2,27,34)/t21-,23+,24-/m0/s1. The molecule has 4 aliphatic rings. The molecule has 4 aliphatic heterocycles. The highest BCUT2D eigenvalue weighted by atomic mass is 16.2. The Bertz CT molecular complexity index is 1020. The van der Waals surface area contributed by atoms with Gasteiger partial charge in [-0.1, -0.05) is 35.5 Å². The minimum Gasteiger partial charge on any atom is -0.369 e. The maximum Gasteiger partial charge on any atom is 0.227 e. The number of nitrogens with two attached hydrogens (primary N) is 1.